The molecule has 1 rings (SSSR count). The van der Waals surface area contributed by atoms with Crippen molar-refractivity contribution in [2.75, 3.05) is 19.8 Å². The van der Waals surface area contributed by atoms with Gasteiger partial charge in [0.2, 0.25) is 5.09 Å². The Labute approximate surface area is 100 Å². The Morgan fingerprint density at radius 1 is 1.47 bits per heavy atom. The molecular formula is C10H15NO5S. The molecule has 0 aliphatic carbocycles. The van der Waals surface area contributed by atoms with Gasteiger partial charge in [0.05, 0.1) is 0 Å². The van der Waals surface area contributed by atoms with E-state index in [1.165, 1.54) is 12.1 Å². The molecule has 0 atom stereocenters. The Bertz CT molecular complexity index is 451. The molecule has 0 unspecified atom stereocenters. The van der Waals surface area contributed by atoms with Crippen molar-refractivity contribution in [3.05, 3.63) is 17.9 Å². The van der Waals surface area contributed by atoms with Crippen LogP contribution in [0.3, 0.4) is 0 Å². The van der Waals surface area contributed by atoms with Gasteiger partial charge in [-0.15, -0.1) is 0 Å². The normalized spacial score (nSPS) is 11.6. The van der Waals surface area contributed by atoms with Crippen molar-refractivity contribution < 1.29 is 22.4 Å². The Morgan fingerprint density at radius 2 is 2.24 bits per heavy atom. The predicted molar refractivity (Wildman–Crippen MR) is 60.4 cm³/mol. The maximum absolute atomic E-state index is 11.6. The number of hydrogen-bond acceptors (Lipinski definition) is 5. The summed E-state index contributed by atoms with van der Waals surface area (Å²) >= 11 is 0. The molecule has 0 aliphatic rings. The second-order valence-electron chi connectivity index (χ2n) is 3.22. The molecule has 96 valence electrons. The second kappa shape index (κ2) is 6.53. The number of sulfonamides is 1. The summed E-state index contributed by atoms with van der Waals surface area (Å²) in [6.07, 6.45) is 1.03. The van der Waals surface area contributed by atoms with Gasteiger partial charge in [0.1, 0.15) is 0 Å². The molecule has 0 saturated carbocycles. The second-order valence-corrected chi connectivity index (χ2v) is 4.92. The molecule has 0 bridgehead atoms. The highest BCUT2D eigenvalue weighted by Crippen LogP contribution is 2.11. The van der Waals surface area contributed by atoms with E-state index in [0.717, 1.165) is 0 Å². The predicted octanol–water partition coefficient (Wildman–Crippen LogP) is 0.797. The molecule has 0 aliphatic heterocycles. The highest BCUT2D eigenvalue weighted by atomic mass is 32.2. The highest BCUT2D eigenvalue weighted by Gasteiger charge is 2.17. The van der Waals surface area contributed by atoms with Crippen LogP contribution in [0.2, 0.25) is 0 Å². The molecular weight excluding hydrogens is 246 g/mol. The molecule has 0 amide bonds. The average Bonchev–Trinajstić information content (AvgIpc) is 2.78. The Balaban J connectivity index is 2.48. The molecule has 7 heteroatoms. The number of hydrogen-bond donors (Lipinski definition) is 1. The number of furan rings is 1. The van der Waals surface area contributed by atoms with Crippen LogP contribution < -0.4 is 4.72 Å². The zero-order chi connectivity index (χ0) is 12.7. The monoisotopic (exact) mass is 261 g/mol. The average molecular weight is 261 g/mol. The molecule has 0 radical (unpaired) electrons. The third-order valence-corrected chi connectivity index (χ3v) is 3.28. The summed E-state index contributed by atoms with van der Waals surface area (Å²) in [7, 11) is -3.67. The van der Waals surface area contributed by atoms with Gasteiger partial charge in [-0.1, -0.05) is 0 Å². The summed E-state index contributed by atoms with van der Waals surface area (Å²) in [5.74, 6) is -0.0142. The molecule has 17 heavy (non-hydrogen) atoms. The van der Waals surface area contributed by atoms with Crippen LogP contribution in [-0.4, -0.2) is 34.5 Å². The molecule has 0 saturated heterocycles. The molecule has 1 N–H and O–H groups in total. The summed E-state index contributed by atoms with van der Waals surface area (Å²) in [6, 6.07) is 2.55. The summed E-state index contributed by atoms with van der Waals surface area (Å²) in [5, 5.41) is -0.254. The van der Waals surface area contributed by atoms with Crippen molar-refractivity contribution in [1.82, 2.24) is 4.72 Å². The van der Waals surface area contributed by atoms with E-state index in [0.29, 0.717) is 25.9 Å². The minimum absolute atomic E-state index is 0.0142. The topological polar surface area (TPSA) is 85.6 Å². The van der Waals surface area contributed by atoms with E-state index in [4.69, 9.17) is 9.15 Å². The van der Waals surface area contributed by atoms with Crippen LogP contribution in [0.4, 0.5) is 0 Å². The van der Waals surface area contributed by atoms with E-state index in [1.54, 1.807) is 0 Å². The van der Waals surface area contributed by atoms with Gasteiger partial charge in [0.15, 0.2) is 12.0 Å². The van der Waals surface area contributed by atoms with Crippen molar-refractivity contribution in [3.8, 4) is 0 Å². The van der Waals surface area contributed by atoms with E-state index in [-0.39, 0.29) is 17.4 Å². The Hall–Kier alpha value is -1.18. The van der Waals surface area contributed by atoms with Crippen LogP contribution in [-0.2, 0) is 14.8 Å². The zero-order valence-electron chi connectivity index (χ0n) is 9.51. The van der Waals surface area contributed by atoms with Gasteiger partial charge in [0, 0.05) is 19.8 Å². The lowest BCUT2D eigenvalue weighted by atomic mass is 10.5. The molecule has 0 fully saturated rings. The van der Waals surface area contributed by atoms with Crippen molar-refractivity contribution >= 4 is 16.3 Å². The maximum Gasteiger partial charge on any atom is 0.273 e. The number of aldehydes is 1. The van der Waals surface area contributed by atoms with Crippen molar-refractivity contribution in [1.29, 1.82) is 0 Å². The van der Waals surface area contributed by atoms with Crippen LogP contribution in [0.1, 0.15) is 23.9 Å². The highest BCUT2D eigenvalue weighted by molar-refractivity contribution is 7.89. The Morgan fingerprint density at radius 3 is 2.82 bits per heavy atom. The first-order chi connectivity index (χ1) is 8.10. The SMILES string of the molecule is CCOCCCNS(=O)(=O)c1ccc(C=O)o1. The fourth-order valence-electron chi connectivity index (χ4n) is 1.14. The first-order valence-corrected chi connectivity index (χ1v) is 6.71. The van der Waals surface area contributed by atoms with E-state index < -0.39 is 10.0 Å². The van der Waals surface area contributed by atoms with Crippen molar-refractivity contribution in [3.63, 3.8) is 0 Å². The van der Waals surface area contributed by atoms with E-state index in [9.17, 15) is 13.2 Å². The van der Waals surface area contributed by atoms with Gasteiger partial charge < -0.3 is 9.15 Å². The minimum atomic E-state index is -3.67. The third-order valence-electron chi connectivity index (χ3n) is 1.94. The maximum atomic E-state index is 11.6. The number of nitrogens with one attached hydrogen (secondary N) is 1. The van der Waals surface area contributed by atoms with Gasteiger partial charge in [-0.05, 0) is 25.5 Å². The van der Waals surface area contributed by atoms with Gasteiger partial charge in [-0.3, -0.25) is 4.79 Å². The lowest BCUT2D eigenvalue weighted by molar-refractivity contribution is 0.109. The van der Waals surface area contributed by atoms with E-state index >= 15 is 0 Å². The summed E-state index contributed by atoms with van der Waals surface area (Å²) in [6.45, 7) is 3.23. The van der Waals surface area contributed by atoms with Gasteiger partial charge in [-0.2, -0.15) is 0 Å². The largest absolute Gasteiger partial charge is 0.440 e. The fraction of sp³-hybridized carbons (Fsp3) is 0.500. The van der Waals surface area contributed by atoms with E-state index in [1.807, 2.05) is 6.92 Å². The number of rotatable bonds is 8. The Kier molecular flexibility index (Phi) is 5.33. The number of ether oxygens (including phenoxy) is 1. The first-order valence-electron chi connectivity index (χ1n) is 5.22. The molecule has 1 heterocycles. The van der Waals surface area contributed by atoms with Crippen LogP contribution in [0.5, 0.6) is 0 Å². The third kappa shape index (κ3) is 4.29. The van der Waals surface area contributed by atoms with Crippen LogP contribution >= 0.6 is 0 Å². The minimum Gasteiger partial charge on any atom is -0.440 e. The molecule has 1 aromatic heterocycles. The lowest BCUT2D eigenvalue weighted by Crippen LogP contribution is -2.25. The van der Waals surface area contributed by atoms with Crippen LogP contribution in [0.25, 0.3) is 0 Å². The lowest BCUT2D eigenvalue weighted by Gasteiger charge is -2.04. The van der Waals surface area contributed by atoms with Crippen molar-refractivity contribution in [2.45, 2.75) is 18.4 Å². The van der Waals surface area contributed by atoms with Crippen LogP contribution in [0, 0.1) is 0 Å². The van der Waals surface area contributed by atoms with Crippen molar-refractivity contribution in [2.24, 2.45) is 0 Å². The standard InChI is InChI=1S/C10H15NO5S/c1-2-15-7-3-6-11-17(13,14)10-5-4-9(8-12)16-10/h4-5,8,11H,2-3,6-7H2,1H3. The number of carbonyl (C=O) groups excluding carboxylic acids is 1. The van der Waals surface area contributed by atoms with Crippen LogP contribution in [0.15, 0.2) is 21.6 Å². The fourth-order valence-corrected chi connectivity index (χ4v) is 2.15. The van der Waals surface area contributed by atoms with Gasteiger partial charge >= 0.3 is 0 Å². The zero-order valence-corrected chi connectivity index (χ0v) is 10.3. The molecule has 0 aromatic carbocycles. The quantitative estimate of drug-likeness (QED) is 0.552. The summed E-state index contributed by atoms with van der Waals surface area (Å²) < 4.78 is 35.5. The van der Waals surface area contributed by atoms with Gasteiger partial charge in [0.25, 0.3) is 10.0 Å². The molecule has 0 spiro atoms. The molecule has 1 aromatic rings. The summed E-state index contributed by atoms with van der Waals surface area (Å²) in [5.41, 5.74) is 0. The van der Waals surface area contributed by atoms with E-state index in [2.05, 4.69) is 4.72 Å². The number of carbonyl (C=O) groups is 1. The smallest absolute Gasteiger partial charge is 0.273 e. The van der Waals surface area contributed by atoms with Gasteiger partial charge in [-0.25, -0.2) is 13.1 Å². The molecule has 6 nitrogen and oxygen atoms in total. The first kappa shape index (κ1) is 13.9. The summed E-state index contributed by atoms with van der Waals surface area (Å²) in [4.78, 5) is 10.4.